The fraction of sp³-hybridized carbons (Fsp3) is 0.227. The van der Waals surface area contributed by atoms with Gasteiger partial charge in [0.15, 0.2) is 0 Å². The van der Waals surface area contributed by atoms with Crippen LogP contribution in [0.3, 0.4) is 0 Å². The highest BCUT2D eigenvalue weighted by Gasteiger charge is 2.37. The summed E-state index contributed by atoms with van der Waals surface area (Å²) in [5, 5.41) is 3.45. The quantitative estimate of drug-likeness (QED) is 0.491. The molecule has 0 saturated heterocycles. The number of nitrogens with zero attached hydrogens (tertiary/aromatic N) is 2. The van der Waals surface area contributed by atoms with Crippen molar-refractivity contribution in [3.8, 4) is 5.75 Å². The Morgan fingerprint density at radius 1 is 1.32 bits per heavy atom. The van der Waals surface area contributed by atoms with Gasteiger partial charge in [0.25, 0.3) is 18.6 Å². The second kappa shape index (κ2) is 7.42. The zero-order valence-electron chi connectivity index (χ0n) is 16.7. The molecule has 1 amide bonds. The molecule has 2 aromatic carbocycles. The molecule has 5 rings (SSSR count). The lowest BCUT2D eigenvalue weighted by molar-refractivity contribution is -0.751. The third-order valence-corrected chi connectivity index (χ3v) is 5.69. The predicted molar refractivity (Wildman–Crippen MR) is 108 cm³/mol. The summed E-state index contributed by atoms with van der Waals surface area (Å²) in [6.45, 7) is 0.280. The van der Waals surface area contributed by atoms with Gasteiger partial charge in [-0.1, -0.05) is 22.9 Å². The number of hydrogen-bond donors (Lipinski definition) is 2. The number of fused-ring (bicyclic) bond motifs is 3. The number of para-hydroxylation sites is 1. The number of carbonyl (C=O) groups excluding carboxylic acids is 1. The van der Waals surface area contributed by atoms with E-state index >= 15 is 4.39 Å². The fourth-order valence-electron chi connectivity index (χ4n) is 4.29. The molecule has 0 spiro atoms. The topological polar surface area (TPSA) is 95.2 Å². The molecule has 1 atom stereocenters. The average molecular weight is 423 g/mol. The molecular weight excluding hydrogens is 403 g/mol. The molecule has 3 heterocycles. The van der Waals surface area contributed by atoms with Gasteiger partial charge in [0, 0.05) is 34.8 Å². The Labute approximate surface area is 175 Å². The van der Waals surface area contributed by atoms with E-state index in [0.29, 0.717) is 24.3 Å². The zero-order valence-corrected chi connectivity index (χ0v) is 16.7. The maximum absolute atomic E-state index is 15.1. The maximum Gasteiger partial charge on any atom is 0.426 e. The molecule has 1 aliphatic rings. The van der Waals surface area contributed by atoms with E-state index in [1.807, 2.05) is 24.3 Å². The minimum absolute atomic E-state index is 0.129. The lowest BCUT2D eigenvalue weighted by atomic mass is 9.92. The number of benzene rings is 2. The van der Waals surface area contributed by atoms with E-state index in [1.54, 1.807) is 17.0 Å². The summed E-state index contributed by atoms with van der Waals surface area (Å²) in [7, 11) is 1.48. The number of amides is 1. The molecule has 0 radical (unpaired) electrons. The first-order valence-corrected chi connectivity index (χ1v) is 9.85. The van der Waals surface area contributed by atoms with Gasteiger partial charge in [-0.25, -0.2) is 9.18 Å². The van der Waals surface area contributed by atoms with Crippen molar-refractivity contribution in [2.24, 2.45) is 0 Å². The van der Waals surface area contributed by atoms with Gasteiger partial charge in [-0.2, -0.15) is 0 Å². The second-order valence-electron chi connectivity index (χ2n) is 7.46. The molecule has 2 N–H and O–H groups in total. The lowest BCUT2D eigenvalue weighted by Gasteiger charge is -2.35. The van der Waals surface area contributed by atoms with E-state index in [2.05, 4.69) is 14.8 Å². The monoisotopic (exact) mass is 423 g/mol. The van der Waals surface area contributed by atoms with Crippen molar-refractivity contribution in [2.45, 2.75) is 19.0 Å². The molecule has 1 unspecified atom stereocenters. The summed E-state index contributed by atoms with van der Waals surface area (Å²) in [5.41, 5.74) is 2.59. The number of nitrogens with one attached hydrogen (secondary N) is 2. The number of H-pyrrole nitrogens is 2. The zero-order chi connectivity index (χ0) is 21.5. The Morgan fingerprint density at radius 2 is 2.16 bits per heavy atom. The van der Waals surface area contributed by atoms with Gasteiger partial charge in [0.2, 0.25) is 0 Å². The van der Waals surface area contributed by atoms with Crippen LogP contribution in [0, 0.1) is 5.82 Å². The second-order valence-corrected chi connectivity index (χ2v) is 7.46. The third kappa shape index (κ3) is 3.27. The van der Waals surface area contributed by atoms with Crippen LogP contribution in [0.4, 0.5) is 4.39 Å². The van der Waals surface area contributed by atoms with Crippen molar-refractivity contribution < 1.29 is 23.1 Å². The van der Waals surface area contributed by atoms with Crippen LogP contribution >= 0.6 is 0 Å². The number of aromatic amines is 2. The number of rotatable bonds is 4. The van der Waals surface area contributed by atoms with Crippen molar-refractivity contribution in [1.82, 2.24) is 15.2 Å². The number of carbonyl (C=O) groups is 1. The number of methoxy groups -OCH3 is 1. The molecule has 0 saturated carbocycles. The van der Waals surface area contributed by atoms with Crippen LogP contribution in [0.5, 0.6) is 5.75 Å². The number of ether oxygens (including phenoxy) is 1. The molecule has 9 heteroatoms. The van der Waals surface area contributed by atoms with Crippen LogP contribution < -0.4 is 15.0 Å². The average Bonchev–Trinajstić information content (AvgIpc) is 3.36. The SMILES string of the molecule is COc1ccc(C2c3[nH]c4ccccc4c3CCN2C(=O)C[n+]2cc(=O)o[nH]2)c(F)c1. The smallest absolute Gasteiger partial charge is 0.426 e. The normalized spacial score (nSPS) is 15.8. The third-order valence-electron chi connectivity index (χ3n) is 5.69. The van der Waals surface area contributed by atoms with Gasteiger partial charge in [-0.3, -0.25) is 9.32 Å². The Hall–Kier alpha value is -3.88. The molecular formula is C22H20FN4O4+. The summed E-state index contributed by atoms with van der Waals surface area (Å²) in [4.78, 5) is 29.5. The van der Waals surface area contributed by atoms with Crippen molar-refractivity contribution in [3.05, 3.63) is 81.7 Å². The highest BCUT2D eigenvalue weighted by Crippen LogP contribution is 2.39. The highest BCUT2D eigenvalue weighted by atomic mass is 19.1. The minimum Gasteiger partial charge on any atom is -0.497 e. The molecule has 8 nitrogen and oxygen atoms in total. The molecule has 0 fully saturated rings. The molecule has 31 heavy (non-hydrogen) atoms. The molecule has 0 aliphatic carbocycles. The Balaban J connectivity index is 1.62. The number of aromatic nitrogens is 3. The molecule has 1 aliphatic heterocycles. The van der Waals surface area contributed by atoms with E-state index in [4.69, 9.17) is 4.74 Å². The van der Waals surface area contributed by atoms with Crippen LogP contribution in [0.2, 0.25) is 0 Å². The van der Waals surface area contributed by atoms with Crippen molar-refractivity contribution in [3.63, 3.8) is 0 Å². The lowest BCUT2D eigenvalue weighted by Crippen LogP contribution is -2.49. The van der Waals surface area contributed by atoms with Crippen LogP contribution in [0.25, 0.3) is 10.9 Å². The molecule has 4 aromatic rings. The van der Waals surface area contributed by atoms with Crippen LogP contribution in [0.15, 0.2) is 58.0 Å². The standard InChI is InChI=1S/C22H19FN4O4/c1-30-13-6-7-16(17(23)10-13)22-21-15(14-4-2-3-5-18(14)24-21)8-9-27(22)19(28)11-26-12-20(29)31-25-26/h2-7,10,12,22,24H,8-9,11H2,1H3/p+1. The van der Waals surface area contributed by atoms with Crippen LogP contribution in [-0.2, 0) is 17.8 Å². The summed E-state index contributed by atoms with van der Waals surface area (Å²) in [6, 6.07) is 11.9. The molecule has 158 valence electrons. The Kier molecular flexibility index (Phi) is 4.58. The van der Waals surface area contributed by atoms with E-state index in [9.17, 15) is 9.59 Å². The minimum atomic E-state index is -0.645. The van der Waals surface area contributed by atoms with Gasteiger partial charge >= 0.3 is 5.63 Å². The van der Waals surface area contributed by atoms with Gasteiger partial charge < -0.3 is 14.6 Å². The molecule has 0 bridgehead atoms. The van der Waals surface area contributed by atoms with Gasteiger partial charge in [0.1, 0.15) is 17.6 Å². The first-order valence-electron chi connectivity index (χ1n) is 9.85. The van der Waals surface area contributed by atoms with Crippen LogP contribution in [0.1, 0.15) is 22.9 Å². The fourth-order valence-corrected chi connectivity index (χ4v) is 4.29. The molecule has 2 aromatic heterocycles. The van der Waals surface area contributed by atoms with E-state index in [0.717, 1.165) is 22.2 Å². The summed E-state index contributed by atoms with van der Waals surface area (Å²) in [5.74, 6) is -0.331. The van der Waals surface area contributed by atoms with Gasteiger partial charge in [-0.15, -0.1) is 0 Å². The number of halogens is 1. The highest BCUT2D eigenvalue weighted by molar-refractivity contribution is 5.86. The van der Waals surface area contributed by atoms with E-state index < -0.39 is 17.5 Å². The van der Waals surface area contributed by atoms with Crippen molar-refractivity contribution in [1.29, 1.82) is 0 Å². The number of hydrogen-bond acceptors (Lipinski definition) is 4. The van der Waals surface area contributed by atoms with Gasteiger partial charge in [-0.05, 0) is 35.5 Å². The first-order chi connectivity index (χ1) is 15.0. The van der Waals surface area contributed by atoms with Crippen molar-refractivity contribution in [2.75, 3.05) is 13.7 Å². The van der Waals surface area contributed by atoms with E-state index in [1.165, 1.54) is 24.1 Å². The summed E-state index contributed by atoms with van der Waals surface area (Å²) in [6.07, 6.45) is 1.80. The Morgan fingerprint density at radius 3 is 2.90 bits per heavy atom. The van der Waals surface area contributed by atoms with E-state index in [-0.39, 0.29) is 12.5 Å². The predicted octanol–water partition coefficient (Wildman–Crippen LogP) is 2.06. The summed E-state index contributed by atoms with van der Waals surface area (Å²) < 4.78 is 26.2. The Bertz CT molecular complexity index is 1340. The van der Waals surface area contributed by atoms with Crippen LogP contribution in [-0.4, -0.2) is 34.7 Å². The maximum atomic E-state index is 15.1. The first kappa shape index (κ1) is 19.1. The van der Waals surface area contributed by atoms with Crippen molar-refractivity contribution >= 4 is 16.8 Å². The summed E-state index contributed by atoms with van der Waals surface area (Å²) >= 11 is 0. The largest absolute Gasteiger partial charge is 0.497 e. The van der Waals surface area contributed by atoms with Gasteiger partial charge in [0.05, 0.1) is 7.11 Å².